The molecule has 140 valence electrons. The van der Waals surface area contributed by atoms with Gasteiger partial charge in [-0.05, 0) is 32.6 Å². The van der Waals surface area contributed by atoms with Gasteiger partial charge in [-0.1, -0.05) is 11.6 Å². The summed E-state index contributed by atoms with van der Waals surface area (Å²) in [6.45, 7) is 4.60. The zero-order valence-electron chi connectivity index (χ0n) is 14.8. The molecule has 2 aliphatic rings. The third-order valence-electron chi connectivity index (χ3n) is 5.31. The van der Waals surface area contributed by atoms with Gasteiger partial charge in [0.1, 0.15) is 10.6 Å². The number of aryl methyl sites for hydroxylation is 2. The minimum absolute atomic E-state index is 0.0803. The van der Waals surface area contributed by atoms with Crippen LogP contribution in [0.15, 0.2) is 9.42 Å². The first-order valence-corrected chi connectivity index (χ1v) is 10.2. The van der Waals surface area contributed by atoms with Gasteiger partial charge in [0.05, 0.1) is 0 Å². The molecule has 1 aromatic rings. The summed E-state index contributed by atoms with van der Waals surface area (Å²) in [6.07, 6.45) is 3.55. The molecule has 0 aromatic carbocycles. The number of carbonyl (C=O) groups is 1. The van der Waals surface area contributed by atoms with Crippen molar-refractivity contribution in [2.45, 2.75) is 50.5 Å². The van der Waals surface area contributed by atoms with Crippen molar-refractivity contribution in [3.63, 3.8) is 0 Å². The normalized spacial score (nSPS) is 25.5. The van der Waals surface area contributed by atoms with Crippen molar-refractivity contribution in [1.82, 2.24) is 14.4 Å². The van der Waals surface area contributed by atoms with Crippen LogP contribution in [0.3, 0.4) is 0 Å². The van der Waals surface area contributed by atoms with Gasteiger partial charge in [-0.15, -0.1) is 0 Å². The molecular formula is C16H26N4O4S. The van der Waals surface area contributed by atoms with E-state index in [0.717, 1.165) is 19.3 Å². The predicted octanol–water partition coefficient (Wildman–Crippen LogP) is 0.642. The van der Waals surface area contributed by atoms with Crippen molar-refractivity contribution in [2.24, 2.45) is 11.7 Å². The molecule has 2 fully saturated rings. The zero-order valence-corrected chi connectivity index (χ0v) is 15.6. The van der Waals surface area contributed by atoms with E-state index >= 15 is 0 Å². The van der Waals surface area contributed by atoms with E-state index in [1.807, 2.05) is 0 Å². The lowest BCUT2D eigenvalue weighted by Crippen LogP contribution is -2.51. The summed E-state index contributed by atoms with van der Waals surface area (Å²) in [5.41, 5.74) is 6.41. The van der Waals surface area contributed by atoms with Gasteiger partial charge in [0.15, 0.2) is 5.76 Å². The molecule has 1 aliphatic carbocycles. The molecule has 1 amide bonds. The van der Waals surface area contributed by atoms with Crippen LogP contribution in [0.25, 0.3) is 0 Å². The zero-order chi connectivity index (χ0) is 18.2. The van der Waals surface area contributed by atoms with E-state index in [4.69, 9.17) is 10.3 Å². The van der Waals surface area contributed by atoms with Crippen LogP contribution < -0.4 is 5.73 Å². The number of aromatic nitrogens is 1. The highest BCUT2D eigenvalue weighted by atomic mass is 32.2. The monoisotopic (exact) mass is 370 g/mol. The van der Waals surface area contributed by atoms with E-state index in [9.17, 15) is 13.2 Å². The van der Waals surface area contributed by atoms with Gasteiger partial charge >= 0.3 is 0 Å². The third-order valence-corrected chi connectivity index (χ3v) is 7.46. The second kappa shape index (κ2) is 7.05. The van der Waals surface area contributed by atoms with Crippen molar-refractivity contribution in [2.75, 3.05) is 26.2 Å². The van der Waals surface area contributed by atoms with E-state index in [1.54, 1.807) is 18.7 Å². The second-order valence-corrected chi connectivity index (χ2v) is 8.87. The summed E-state index contributed by atoms with van der Waals surface area (Å²) >= 11 is 0. The Morgan fingerprint density at radius 2 is 1.92 bits per heavy atom. The van der Waals surface area contributed by atoms with Gasteiger partial charge in [0, 0.05) is 38.6 Å². The predicted molar refractivity (Wildman–Crippen MR) is 91.2 cm³/mol. The maximum Gasteiger partial charge on any atom is 0.248 e. The first-order valence-electron chi connectivity index (χ1n) is 8.77. The summed E-state index contributed by atoms with van der Waals surface area (Å²) in [4.78, 5) is 14.4. The maximum absolute atomic E-state index is 12.8. The molecule has 1 aromatic heterocycles. The SMILES string of the molecule is Cc1noc(C)c1S(=O)(=O)N1CCN(C(=O)C[C@@H]2CCC[C@H]2N)CC1. The Balaban J connectivity index is 1.61. The average molecular weight is 370 g/mol. The van der Waals surface area contributed by atoms with Crippen LogP contribution in [0.4, 0.5) is 0 Å². The van der Waals surface area contributed by atoms with Crippen molar-refractivity contribution < 1.29 is 17.7 Å². The molecule has 3 rings (SSSR count). The van der Waals surface area contributed by atoms with Gasteiger partial charge in [0.25, 0.3) is 0 Å². The lowest BCUT2D eigenvalue weighted by Gasteiger charge is -2.34. The van der Waals surface area contributed by atoms with Crippen molar-refractivity contribution in [3.05, 3.63) is 11.5 Å². The molecular weight excluding hydrogens is 344 g/mol. The van der Waals surface area contributed by atoms with Crippen LogP contribution in [0.2, 0.25) is 0 Å². The van der Waals surface area contributed by atoms with E-state index in [1.165, 1.54) is 4.31 Å². The molecule has 2 atom stereocenters. The topological polar surface area (TPSA) is 110 Å². The molecule has 1 aliphatic heterocycles. The number of amides is 1. The fourth-order valence-corrected chi connectivity index (χ4v) is 5.54. The number of nitrogens with two attached hydrogens (primary N) is 1. The number of hydrogen-bond acceptors (Lipinski definition) is 6. The van der Waals surface area contributed by atoms with Gasteiger partial charge < -0.3 is 15.2 Å². The van der Waals surface area contributed by atoms with Crippen LogP contribution in [-0.2, 0) is 14.8 Å². The first kappa shape index (κ1) is 18.3. The van der Waals surface area contributed by atoms with Crippen LogP contribution in [0.5, 0.6) is 0 Å². The van der Waals surface area contributed by atoms with E-state index in [-0.39, 0.29) is 35.9 Å². The van der Waals surface area contributed by atoms with Crippen molar-refractivity contribution in [3.8, 4) is 0 Å². The molecule has 0 spiro atoms. The molecule has 2 N–H and O–H groups in total. The number of piperazine rings is 1. The minimum Gasteiger partial charge on any atom is -0.360 e. The largest absolute Gasteiger partial charge is 0.360 e. The Hall–Kier alpha value is -1.45. The number of rotatable bonds is 4. The summed E-state index contributed by atoms with van der Waals surface area (Å²) in [5.74, 6) is 0.638. The first-order chi connectivity index (χ1) is 11.8. The van der Waals surface area contributed by atoms with E-state index in [0.29, 0.717) is 31.0 Å². The number of sulfonamides is 1. The molecule has 1 saturated carbocycles. The Morgan fingerprint density at radius 3 is 2.44 bits per heavy atom. The molecule has 2 heterocycles. The summed E-state index contributed by atoms with van der Waals surface area (Å²) < 4.78 is 32.0. The maximum atomic E-state index is 12.8. The summed E-state index contributed by atoms with van der Waals surface area (Å²) in [7, 11) is -3.64. The Morgan fingerprint density at radius 1 is 1.24 bits per heavy atom. The van der Waals surface area contributed by atoms with Gasteiger partial charge in [-0.25, -0.2) is 8.42 Å². The average Bonchev–Trinajstić information content (AvgIpc) is 3.13. The Kier molecular flexibility index (Phi) is 5.17. The fourth-order valence-electron chi connectivity index (χ4n) is 3.82. The lowest BCUT2D eigenvalue weighted by atomic mass is 9.99. The third kappa shape index (κ3) is 3.58. The molecule has 1 saturated heterocycles. The highest BCUT2D eigenvalue weighted by Gasteiger charge is 2.35. The number of carbonyl (C=O) groups excluding carboxylic acids is 1. The molecule has 0 bridgehead atoms. The number of nitrogens with zero attached hydrogens (tertiary/aromatic N) is 3. The minimum atomic E-state index is -3.64. The number of hydrogen-bond donors (Lipinski definition) is 1. The molecule has 0 radical (unpaired) electrons. The van der Waals surface area contributed by atoms with E-state index in [2.05, 4.69) is 5.16 Å². The van der Waals surface area contributed by atoms with Crippen molar-refractivity contribution in [1.29, 1.82) is 0 Å². The summed E-state index contributed by atoms with van der Waals surface area (Å²) in [6, 6.07) is 0.116. The van der Waals surface area contributed by atoms with Crippen LogP contribution in [0.1, 0.15) is 37.1 Å². The molecule has 9 heteroatoms. The van der Waals surface area contributed by atoms with Crippen molar-refractivity contribution >= 4 is 15.9 Å². The van der Waals surface area contributed by atoms with Crippen LogP contribution >= 0.6 is 0 Å². The second-order valence-electron chi connectivity index (χ2n) is 7.00. The quantitative estimate of drug-likeness (QED) is 0.833. The van der Waals surface area contributed by atoms with Crippen LogP contribution in [-0.4, -0.2) is 60.9 Å². The molecule has 0 unspecified atom stereocenters. The van der Waals surface area contributed by atoms with E-state index < -0.39 is 10.0 Å². The Labute approximate surface area is 148 Å². The standard InChI is InChI=1S/C16H26N4O4S/c1-11-16(12(2)24-18-11)25(22,23)20-8-6-19(7-9-20)15(21)10-13-4-3-5-14(13)17/h13-14H,3-10,17H2,1-2H3/t13-,14+/m0/s1. The van der Waals surface area contributed by atoms with Crippen LogP contribution in [0, 0.1) is 19.8 Å². The molecule has 8 nitrogen and oxygen atoms in total. The highest BCUT2D eigenvalue weighted by molar-refractivity contribution is 7.89. The van der Waals surface area contributed by atoms with Gasteiger partial charge in [-0.3, -0.25) is 4.79 Å². The summed E-state index contributed by atoms with van der Waals surface area (Å²) in [5, 5.41) is 3.73. The Bertz CT molecular complexity index is 718. The smallest absolute Gasteiger partial charge is 0.248 e. The fraction of sp³-hybridized carbons (Fsp3) is 0.750. The highest BCUT2D eigenvalue weighted by Crippen LogP contribution is 2.28. The molecule has 25 heavy (non-hydrogen) atoms. The van der Waals surface area contributed by atoms with Gasteiger partial charge in [-0.2, -0.15) is 4.31 Å². The lowest BCUT2D eigenvalue weighted by molar-refractivity contribution is -0.133. The van der Waals surface area contributed by atoms with Gasteiger partial charge in [0.2, 0.25) is 15.9 Å².